The van der Waals surface area contributed by atoms with Crippen molar-refractivity contribution in [3.05, 3.63) is 0 Å². The highest BCUT2D eigenvalue weighted by molar-refractivity contribution is 7.99. The van der Waals surface area contributed by atoms with E-state index in [1.54, 1.807) is 7.11 Å². The van der Waals surface area contributed by atoms with Gasteiger partial charge in [0.2, 0.25) is 0 Å². The fourth-order valence-electron chi connectivity index (χ4n) is 1.01. The minimum atomic E-state index is 0.680. The van der Waals surface area contributed by atoms with Crippen molar-refractivity contribution in [1.82, 2.24) is 0 Å². The van der Waals surface area contributed by atoms with Crippen LogP contribution in [0.5, 0.6) is 0 Å². The first-order valence-corrected chi connectivity index (χ1v) is 6.24. The van der Waals surface area contributed by atoms with Crippen LogP contribution < -0.4 is 5.73 Å². The zero-order valence-electron chi connectivity index (χ0n) is 9.33. The number of ether oxygens (including phenoxy) is 2. The Kier molecular flexibility index (Phi) is 11.5. The summed E-state index contributed by atoms with van der Waals surface area (Å²) in [6.45, 7) is 5.25. The lowest BCUT2D eigenvalue weighted by Crippen LogP contribution is -2.08. The first-order chi connectivity index (χ1) is 6.81. The Hall–Kier alpha value is 0.230. The smallest absolute Gasteiger partial charge is 0.0700 e. The third kappa shape index (κ3) is 10.3. The third-order valence-corrected chi connectivity index (χ3v) is 3.17. The van der Waals surface area contributed by atoms with Crippen LogP contribution in [0.3, 0.4) is 0 Å². The van der Waals surface area contributed by atoms with E-state index in [0.29, 0.717) is 18.5 Å². The second-order valence-electron chi connectivity index (χ2n) is 3.22. The van der Waals surface area contributed by atoms with Gasteiger partial charge in [0.05, 0.1) is 13.2 Å². The summed E-state index contributed by atoms with van der Waals surface area (Å²) in [6, 6.07) is 0. The van der Waals surface area contributed by atoms with Gasteiger partial charge in [-0.2, -0.15) is 11.8 Å². The van der Waals surface area contributed by atoms with Gasteiger partial charge in [-0.3, -0.25) is 0 Å². The number of nitrogens with two attached hydrogens (primary N) is 1. The van der Waals surface area contributed by atoms with Gasteiger partial charge in [-0.05, 0) is 25.1 Å². The van der Waals surface area contributed by atoms with E-state index in [1.165, 1.54) is 0 Å². The summed E-state index contributed by atoms with van der Waals surface area (Å²) in [5, 5.41) is 0.680. The molecule has 0 aromatic carbocycles. The molecule has 0 aliphatic heterocycles. The van der Waals surface area contributed by atoms with Crippen molar-refractivity contribution in [2.45, 2.75) is 25.0 Å². The molecule has 2 N–H and O–H groups in total. The van der Waals surface area contributed by atoms with Crippen molar-refractivity contribution < 1.29 is 9.47 Å². The first-order valence-electron chi connectivity index (χ1n) is 5.19. The third-order valence-electron chi connectivity index (χ3n) is 1.84. The molecule has 4 heteroatoms. The Bertz CT molecular complexity index is 114. The van der Waals surface area contributed by atoms with Gasteiger partial charge in [0.25, 0.3) is 0 Å². The molecule has 1 atom stereocenters. The average Bonchev–Trinajstić information content (AvgIpc) is 2.17. The summed E-state index contributed by atoms with van der Waals surface area (Å²) in [6.07, 6.45) is 2.22. The highest BCUT2D eigenvalue weighted by Gasteiger charge is 2.00. The maximum atomic E-state index is 5.46. The Morgan fingerprint density at radius 2 is 2.07 bits per heavy atom. The van der Waals surface area contributed by atoms with Gasteiger partial charge in [0, 0.05) is 19.0 Å². The van der Waals surface area contributed by atoms with Crippen LogP contribution in [0.4, 0.5) is 0 Å². The van der Waals surface area contributed by atoms with Crippen molar-refractivity contribution in [2.75, 3.05) is 39.2 Å². The molecule has 0 radical (unpaired) electrons. The molecule has 0 saturated heterocycles. The largest absolute Gasteiger partial charge is 0.382 e. The van der Waals surface area contributed by atoms with Crippen LogP contribution in [-0.2, 0) is 9.47 Å². The molecule has 14 heavy (non-hydrogen) atoms. The minimum Gasteiger partial charge on any atom is -0.382 e. The van der Waals surface area contributed by atoms with Gasteiger partial charge in [-0.1, -0.05) is 6.92 Å². The first kappa shape index (κ1) is 14.2. The number of thioether (sulfide) groups is 1. The standard InChI is InChI=1S/C10H23NO2S/c1-10(4-5-11)14-9-3-6-13-8-7-12-2/h10H,3-9,11H2,1-2H3. The summed E-state index contributed by atoms with van der Waals surface area (Å²) >= 11 is 1.97. The van der Waals surface area contributed by atoms with Gasteiger partial charge in [-0.15, -0.1) is 0 Å². The zero-order valence-corrected chi connectivity index (χ0v) is 10.1. The quantitative estimate of drug-likeness (QED) is 0.568. The maximum Gasteiger partial charge on any atom is 0.0700 e. The van der Waals surface area contributed by atoms with Gasteiger partial charge in [0.1, 0.15) is 0 Å². The molecule has 0 aromatic heterocycles. The van der Waals surface area contributed by atoms with E-state index in [-0.39, 0.29) is 0 Å². The maximum absolute atomic E-state index is 5.46. The highest BCUT2D eigenvalue weighted by atomic mass is 32.2. The highest BCUT2D eigenvalue weighted by Crippen LogP contribution is 2.13. The number of methoxy groups -OCH3 is 1. The molecular weight excluding hydrogens is 198 g/mol. The second-order valence-corrected chi connectivity index (χ2v) is 4.76. The Morgan fingerprint density at radius 1 is 1.29 bits per heavy atom. The molecule has 0 saturated carbocycles. The van der Waals surface area contributed by atoms with Gasteiger partial charge in [-0.25, -0.2) is 0 Å². The van der Waals surface area contributed by atoms with E-state index in [0.717, 1.165) is 31.7 Å². The van der Waals surface area contributed by atoms with Gasteiger partial charge < -0.3 is 15.2 Å². The van der Waals surface area contributed by atoms with Crippen molar-refractivity contribution in [1.29, 1.82) is 0 Å². The van der Waals surface area contributed by atoms with Crippen molar-refractivity contribution >= 4 is 11.8 Å². The Labute approximate surface area is 91.7 Å². The van der Waals surface area contributed by atoms with E-state index in [1.807, 2.05) is 11.8 Å². The Morgan fingerprint density at radius 3 is 2.71 bits per heavy atom. The normalized spacial score (nSPS) is 13.1. The van der Waals surface area contributed by atoms with E-state index in [9.17, 15) is 0 Å². The van der Waals surface area contributed by atoms with E-state index in [4.69, 9.17) is 15.2 Å². The molecule has 0 heterocycles. The molecule has 0 spiro atoms. The predicted octanol–water partition coefficient (Wildman–Crippen LogP) is 1.51. The molecule has 0 aromatic rings. The van der Waals surface area contributed by atoms with Crippen LogP contribution in [-0.4, -0.2) is 44.5 Å². The lowest BCUT2D eigenvalue weighted by atomic mass is 10.3. The number of hydrogen-bond donors (Lipinski definition) is 1. The summed E-state index contributed by atoms with van der Waals surface area (Å²) in [4.78, 5) is 0. The summed E-state index contributed by atoms with van der Waals surface area (Å²) in [7, 11) is 1.69. The van der Waals surface area contributed by atoms with Crippen LogP contribution in [0.1, 0.15) is 19.8 Å². The van der Waals surface area contributed by atoms with Crippen molar-refractivity contribution in [3.8, 4) is 0 Å². The molecule has 0 bridgehead atoms. The fraction of sp³-hybridized carbons (Fsp3) is 1.00. The molecule has 0 fully saturated rings. The molecule has 1 unspecified atom stereocenters. The van der Waals surface area contributed by atoms with Crippen LogP contribution in [0.25, 0.3) is 0 Å². The molecule has 0 rings (SSSR count). The lowest BCUT2D eigenvalue weighted by molar-refractivity contribution is 0.0713. The lowest BCUT2D eigenvalue weighted by Gasteiger charge is -2.09. The van der Waals surface area contributed by atoms with Crippen LogP contribution in [0.15, 0.2) is 0 Å². The molecule has 86 valence electrons. The van der Waals surface area contributed by atoms with Crippen LogP contribution in [0.2, 0.25) is 0 Å². The summed E-state index contributed by atoms with van der Waals surface area (Å²) < 4.78 is 10.2. The zero-order chi connectivity index (χ0) is 10.6. The summed E-state index contributed by atoms with van der Waals surface area (Å²) in [5.41, 5.74) is 5.46. The van der Waals surface area contributed by atoms with E-state index >= 15 is 0 Å². The molecule has 3 nitrogen and oxygen atoms in total. The fourth-order valence-corrected chi connectivity index (χ4v) is 2.00. The van der Waals surface area contributed by atoms with Gasteiger partial charge in [0.15, 0.2) is 0 Å². The van der Waals surface area contributed by atoms with Crippen LogP contribution >= 0.6 is 11.8 Å². The SMILES string of the molecule is COCCOCCCSC(C)CCN. The van der Waals surface area contributed by atoms with Crippen LogP contribution in [0, 0.1) is 0 Å². The summed E-state index contributed by atoms with van der Waals surface area (Å²) in [5.74, 6) is 1.16. The molecule has 0 aliphatic carbocycles. The minimum absolute atomic E-state index is 0.680. The van der Waals surface area contributed by atoms with Crippen molar-refractivity contribution in [3.63, 3.8) is 0 Å². The molecular formula is C10H23NO2S. The topological polar surface area (TPSA) is 44.5 Å². The van der Waals surface area contributed by atoms with E-state index in [2.05, 4.69) is 6.92 Å². The monoisotopic (exact) mass is 221 g/mol. The number of hydrogen-bond acceptors (Lipinski definition) is 4. The predicted molar refractivity (Wildman–Crippen MR) is 62.9 cm³/mol. The second kappa shape index (κ2) is 11.3. The molecule has 0 amide bonds. The number of rotatable bonds is 10. The van der Waals surface area contributed by atoms with Gasteiger partial charge >= 0.3 is 0 Å². The average molecular weight is 221 g/mol. The molecule has 0 aliphatic rings. The van der Waals surface area contributed by atoms with E-state index < -0.39 is 0 Å². The van der Waals surface area contributed by atoms with Crippen molar-refractivity contribution in [2.24, 2.45) is 5.73 Å². The Balaban J connectivity index is 2.98.